The van der Waals surface area contributed by atoms with Crippen LogP contribution in [0.4, 0.5) is 4.39 Å². The summed E-state index contributed by atoms with van der Waals surface area (Å²) in [6.07, 6.45) is 1.59. The van der Waals surface area contributed by atoms with Gasteiger partial charge in [-0.25, -0.2) is 4.39 Å². The maximum atomic E-state index is 13.3. The second-order valence-electron chi connectivity index (χ2n) is 6.60. The molecule has 1 heterocycles. The van der Waals surface area contributed by atoms with Crippen LogP contribution in [0.5, 0.6) is 0 Å². The summed E-state index contributed by atoms with van der Waals surface area (Å²) in [6.45, 7) is 2.56. The Hall–Kier alpha value is -2.16. The van der Waals surface area contributed by atoms with Crippen LogP contribution in [-0.2, 0) is 24.4 Å². The number of rotatable bonds is 6. The van der Waals surface area contributed by atoms with E-state index >= 15 is 0 Å². The first-order valence-electron chi connectivity index (χ1n) is 9.19. The van der Waals surface area contributed by atoms with Gasteiger partial charge in [0.05, 0.1) is 0 Å². The van der Waals surface area contributed by atoms with Gasteiger partial charge in [0.2, 0.25) is 5.91 Å². The fraction of sp³-hybridized carbons (Fsp3) is 0.333. The Bertz CT molecular complexity index is 828. The highest BCUT2D eigenvalue weighted by atomic mass is 127. The third-order valence-corrected chi connectivity index (χ3v) is 4.67. The molecule has 1 aliphatic rings. The van der Waals surface area contributed by atoms with E-state index in [0.29, 0.717) is 32.0 Å². The molecule has 2 aromatic carbocycles. The Morgan fingerprint density at radius 3 is 2.54 bits per heavy atom. The molecule has 28 heavy (non-hydrogen) atoms. The number of carbonyl (C=O) groups is 1. The summed E-state index contributed by atoms with van der Waals surface area (Å²) in [5.41, 5.74) is 3.12. The van der Waals surface area contributed by atoms with Gasteiger partial charge in [0.25, 0.3) is 0 Å². The quantitative estimate of drug-likeness (QED) is 0.366. The molecule has 1 fully saturated rings. The van der Waals surface area contributed by atoms with Gasteiger partial charge in [0, 0.05) is 39.6 Å². The molecule has 0 radical (unpaired) electrons. The summed E-state index contributed by atoms with van der Waals surface area (Å²) in [6, 6.07) is 14.6. The van der Waals surface area contributed by atoms with Crippen molar-refractivity contribution in [2.24, 2.45) is 4.99 Å². The predicted molar refractivity (Wildman–Crippen MR) is 120 cm³/mol. The number of halogens is 2. The Labute approximate surface area is 182 Å². The molecule has 1 saturated heterocycles. The third kappa shape index (κ3) is 6.19. The molecule has 0 spiro atoms. The van der Waals surface area contributed by atoms with Crippen molar-refractivity contribution >= 4 is 35.8 Å². The number of nitrogens with one attached hydrogen (secondary N) is 2. The summed E-state index contributed by atoms with van der Waals surface area (Å²) in [5.74, 6) is 0.624. The van der Waals surface area contributed by atoms with Crippen molar-refractivity contribution in [1.29, 1.82) is 0 Å². The van der Waals surface area contributed by atoms with Gasteiger partial charge < -0.3 is 15.5 Å². The number of amides is 1. The zero-order valence-electron chi connectivity index (χ0n) is 16.0. The molecule has 5 nitrogen and oxygen atoms in total. The fourth-order valence-electron chi connectivity index (χ4n) is 3.19. The van der Waals surface area contributed by atoms with Crippen molar-refractivity contribution in [3.8, 4) is 0 Å². The van der Waals surface area contributed by atoms with E-state index in [1.807, 2.05) is 23.1 Å². The lowest BCUT2D eigenvalue weighted by Crippen LogP contribution is -2.36. The topological polar surface area (TPSA) is 56.7 Å². The molecule has 0 aliphatic carbocycles. The predicted octanol–water partition coefficient (Wildman–Crippen LogP) is 3.43. The lowest BCUT2D eigenvalue weighted by atomic mass is 10.1. The summed E-state index contributed by atoms with van der Waals surface area (Å²) in [5, 5.41) is 6.48. The molecule has 0 atom stereocenters. The zero-order chi connectivity index (χ0) is 19.1. The van der Waals surface area contributed by atoms with Crippen LogP contribution < -0.4 is 10.6 Å². The van der Waals surface area contributed by atoms with Gasteiger partial charge in [-0.15, -0.1) is 24.0 Å². The van der Waals surface area contributed by atoms with Crippen LogP contribution in [0.2, 0.25) is 0 Å². The van der Waals surface area contributed by atoms with Crippen molar-refractivity contribution in [3.63, 3.8) is 0 Å². The molecule has 150 valence electrons. The van der Waals surface area contributed by atoms with Crippen LogP contribution >= 0.6 is 24.0 Å². The molecule has 2 aromatic rings. The van der Waals surface area contributed by atoms with E-state index in [4.69, 9.17) is 0 Å². The molecule has 1 aliphatic heterocycles. The highest BCUT2D eigenvalue weighted by Crippen LogP contribution is 2.17. The van der Waals surface area contributed by atoms with Crippen molar-refractivity contribution in [2.75, 3.05) is 13.6 Å². The summed E-state index contributed by atoms with van der Waals surface area (Å²) in [4.78, 5) is 18.0. The van der Waals surface area contributed by atoms with Crippen LogP contribution in [0.3, 0.4) is 0 Å². The Morgan fingerprint density at radius 1 is 1.11 bits per heavy atom. The number of aliphatic imine (C=N–C) groups is 1. The first-order chi connectivity index (χ1) is 13.2. The van der Waals surface area contributed by atoms with Gasteiger partial charge in [0.1, 0.15) is 5.82 Å². The minimum Gasteiger partial charge on any atom is -0.352 e. The number of hydrogen-bond acceptors (Lipinski definition) is 2. The monoisotopic (exact) mass is 496 g/mol. The zero-order valence-corrected chi connectivity index (χ0v) is 18.3. The average Bonchev–Trinajstić information content (AvgIpc) is 3.08. The summed E-state index contributed by atoms with van der Waals surface area (Å²) >= 11 is 0. The molecule has 3 rings (SSSR count). The van der Waals surface area contributed by atoms with E-state index in [9.17, 15) is 9.18 Å². The van der Waals surface area contributed by atoms with E-state index < -0.39 is 0 Å². The number of nitrogens with zero attached hydrogens (tertiary/aromatic N) is 2. The van der Waals surface area contributed by atoms with Gasteiger partial charge in [-0.3, -0.25) is 9.79 Å². The van der Waals surface area contributed by atoms with Gasteiger partial charge in [-0.1, -0.05) is 36.4 Å². The molecular weight excluding hydrogens is 470 g/mol. The van der Waals surface area contributed by atoms with Crippen molar-refractivity contribution in [3.05, 3.63) is 71.0 Å². The van der Waals surface area contributed by atoms with Gasteiger partial charge in [-0.05, 0) is 35.2 Å². The molecule has 0 unspecified atom stereocenters. The van der Waals surface area contributed by atoms with E-state index in [1.54, 1.807) is 13.1 Å². The Morgan fingerprint density at radius 2 is 1.86 bits per heavy atom. The largest absolute Gasteiger partial charge is 0.352 e. The normalized spacial score (nSPS) is 14.0. The molecule has 7 heteroatoms. The fourth-order valence-corrected chi connectivity index (χ4v) is 3.19. The minimum absolute atomic E-state index is 0. The van der Waals surface area contributed by atoms with Crippen LogP contribution in [-0.4, -0.2) is 30.4 Å². The smallest absolute Gasteiger partial charge is 0.222 e. The highest BCUT2D eigenvalue weighted by Gasteiger charge is 2.20. The molecule has 1 amide bonds. The average molecular weight is 496 g/mol. The van der Waals surface area contributed by atoms with Crippen LogP contribution in [0.1, 0.15) is 29.5 Å². The second kappa shape index (κ2) is 11.0. The molecule has 2 N–H and O–H groups in total. The molecule has 0 bridgehead atoms. The lowest BCUT2D eigenvalue weighted by Gasteiger charge is -2.19. The highest BCUT2D eigenvalue weighted by molar-refractivity contribution is 14.0. The SMILES string of the molecule is CN=C(NCc1cccc(F)c1)NCc1ccccc1CN1CCCC1=O.I. The number of carbonyl (C=O) groups excluding carboxylic acids is 1. The van der Waals surface area contributed by atoms with Crippen LogP contribution in [0.15, 0.2) is 53.5 Å². The van der Waals surface area contributed by atoms with Gasteiger partial charge in [-0.2, -0.15) is 0 Å². The van der Waals surface area contributed by atoms with E-state index in [2.05, 4.69) is 27.8 Å². The standard InChI is InChI=1S/C21H25FN4O.HI/c1-23-21(24-13-16-6-4-9-19(22)12-16)25-14-17-7-2-3-8-18(17)15-26-11-5-10-20(26)27;/h2-4,6-9,12H,5,10-11,13-15H2,1H3,(H2,23,24,25);1H. The minimum atomic E-state index is -0.248. The molecule has 0 saturated carbocycles. The van der Waals surface area contributed by atoms with E-state index in [-0.39, 0.29) is 35.7 Å². The lowest BCUT2D eigenvalue weighted by molar-refractivity contribution is -0.128. The van der Waals surface area contributed by atoms with Crippen molar-refractivity contribution in [2.45, 2.75) is 32.5 Å². The first kappa shape index (κ1) is 22.1. The molecule has 0 aromatic heterocycles. The Balaban J connectivity index is 0.00000280. The number of hydrogen-bond donors (Lipinski definition) is 2. The molecular formula is C21H26FIN4O. The number of guanidine groups is 1. The van der Waals surface area contributed by atoms with E-state index in [1.165, 1.54) is 12.1 Å². The number of benzene rings is 2. The maximum absolute atomic E-state index is 13.3. The van der Waals surface area contributed by atoms with Gasteiger partial charge in [0.15, 0.2) is 5.96 Å². The first-order valence-corrected chi connectivity index (χ1v) is 9.19. The number of likely N-dealkylation sites (tertiary alicyclic amines) is 1. The summed E-state index contributed by atoms with van der Waals surface area (Å²) in [7, 11) is 1.70. The van der Waals surface area contributed by atoms with Crippen LogP contribution in [0.25, 0.3) is 0 Å². The Kier molecular flexibility index (Phi) is 8.69. The summed E-state index contributed by atoms with van der Waals surface area (Å²) < 4.78 is 13.3. The van der Waals surface area contributed by atoms with Crippen LogP contribution in [0, 0.1) is 5.82 Å². The van der Waals surface area contributed by atoms with Crippen molar-refractivity contribution < 1.29 is 9.18 Å². The third-order valence-electron chi connectivity index (χ3n) is 4.67. The maximum Gasteiger partial charge on any atom is 0.222 e. The van der Waals surface area contributed by atoms with Crippen molar-refractivity contribution in [1.82, 2.24) is 15.5 Å². The second-order valence-corrected chi connectivity index (χ2v) is 6.60. The van der Waals surface area contributed by atoms with Gasteiger partial charge >= 0.3 is 0 Å². The van der Waals surface area contributed by atoms with E-state index in [0.717, 1.165) is 29.7 Å².